The van der Waals surface area contributed by atoms with Gasteiger partial charge in [0, 0.05) is 11.1 Å². The molecular weight excluding hydrogens is 448 g/mol. The van der Waals surface area contributed by atoms with Gasteiger partial charge >= 0.3 is 0 Å². The summed E-state index contributed by atoms with van der Waals surface area (Å²) in [7, 11) is 0. The van der Waals surface area contributed by atoms with Crippen molar-refractivity contribution in [1.82, 2.24) is 0 Å². The third kappa shape index (κ3) is 5.52. The molecule has 0 aromatic heterocycles. The van der Waals surface area contributed by atoms with E-state index in [1.165, 1.54) is 5.56 Å². The summed E-state index contributed by atoms with van der Waals surface area (Å²) >= 11 is 0. The molecule has 1 aliphatic rings. The van der Waals surface area contributed by atoms with Crippen molar-refractivity contribution >= 4 is 6.08 Å². The molecule has 1 saturated carbocycles. The van der Waals surface area contributed by atoms with Gasteiger partial charge in [-0.1, -0.05) is 81.0 Å². The summed E-state index contributed by atoms with van der Waals surface area (Å²) in [5.74, 6) is -2.96. The van der Waals surface area contributed by atoms with E-state index in [0.29, 0.717) is 23.1 Å². The molecule has 0 amide bonds. The minimum Gasteiger partial charge on any atom is -0.203 e. The maximum absolute atomic E-state index is 14.9. The lowest BCUT2D eigenvalue weighted by Gasteiger charge is -2.27. The molecule has 0 N–H and O–H groups in total. The third-order valence-corrected chi connectivity index (χ3v) is 7.25. The summed E-state index contributed by atoms with van der Waals surface area (Å²) in [4.78, 5) is 0. The third-order valence-electron chi connectivity index (χ3n) is 7.25. The lowest BCUT2D eigenvalue weighted by molar-refractivity contribution is 0.364. The predicted molar refractivity (Wildman–Crippen MR) is 135 cm³/mol. The van der Waals surface area contributed by atoms with E-state index in [-0.39, 0.29) is 23.0 Å². The van der Waals surface area contributed by atoms with E-state index in [0.717, 1.165) is 38.5 Å². The van der Waals surface area contributed by atoms with Gasteiger partial charge in [-0.25, -0.2) is 17.6 Å². The molecule has 0 nitrogen and oxygen atoms in total. The van der Waals surface area contributed by atoms with Crippen molar-refractivity contribution in [3.63, 3.8) is 0 Å². The Morgan fingerprint density at radius 2 is 1.46 bits per heavy atom. The normalized spacial score (nSPS) is 18.3. The zero-order chi connectivity index (χ0) is 24.9. The maximum atomic E-state index is 14.9. The molecule has 3 aromatic rings. The monoisotopic (exact) mass is 480 g/mol. The van der Waals surface area contributed by atoms with Gasteiger partial charge in [0.15, 0.2) is 23.3 Å². The molecule has 0 saturated heterocycles. The average Bonchev–Trinajstić information content (AvgIpc) is 2.88. The van der Waals surface area contributed by atoms with Gasteiger partial charge in [-0.2, -0.15) is 0 Å². The Balaban J connectivity index is 1.42. The molecule has 0 unspecified atom stereocenters. The Hall–Kier alpha value is -2.88. The molecule has 0 spiro atoms. The molecule has 0 radical (unpaired) electrons. The van der Waals surface area contributed by atoms with Gasteiger partial charge in [0.2, 0.25) is 0 Å². The van der Waals surface area contributed by atoms with Crippen molar-refractivity contribution in [2.75, 3.05) is 0 Å². The number of aryl methyl sites for hydroxylation is 2. The lowest BCUT2D eigenvalue weighted by atomic mass is 9.78. The Kier molecular flexibility index (Phi) is 8.10. The van der Waals surface area contributed by atoms with Crippen LogP contribution in [-0.2, 0) is 12.8 Å². The Bertz CT molecular complexity index is 1190. The maximum Gasteiger partial charge on any atom is 0.167 e. The molecule has 0 heterocycles. The van der Waals surface area contributed by atoms with E-state index in [4.69, 9.17) is 0 Å². The first-order valence-electron chi connectivity index (χ1n) is 12.6. The summed E-state index contributed by atoms with van der Waals surface area (Å²) in [6.45, 7) is 3.91. The van der Waals surface area contributed by atoms with Crippen LogP contribution < -0.4 is 0 Å². The molecule has 3 aromatic carbocycles. The van der Waals surface area contributed by atoms with E-state index in [1.54, 1.807) is 30.3 Å². The average molecular weight is 481 g/mol. The first-order chi connectivity index (χ1) is 16.9. The number of allylic oxidation sites excluding steroid dienone is 1. The highest BCUT2D eigenvalue weighted by Gasteiger charge is 2.25. The number of benzene rings is 3. The second kappa shape index (κ2) is 11.2. The van der Waals surface area contributed by atoms with Crippen molar-refractivity contribution in [2.45, 2.75) is 64.7 Å². The number of rotatable bonds is 7. The molecule has 184 valence electrons. The van der Waals surface area contributed by atoms with Crippen LogP contribution in [-0.4, -0.2) is 0 Å². The van der Waals surface area contributed by atoms with Crippen LogP contribution in [0.3, 0.4) is 0 Å². The molecule has 4 heteroatoms. The zero-order valence-corrected chi connectivity index (χ0v) is 20.4. The zero-order valence-electron chi connectivity index (χ0n) is 20.4. The fourth-order valence-corrected chi connectivity index (χ4v) is 5.11. The van der Waals surface area contributed by atoms with E-state index in [2.05, 4.69) is 6.92 Å². The molecule has 0 bridgehead atoms. The van der Waals surface area contributed by atoms with Crippen molar-refractivity contribution in [3.8, 4) is 11.1 Å². The molecule has 1 fully saturated rings. The number of halogens is 4. The molecule has 4 rings (SSSR count). The van der Waals surface area contributed by atoms with Gasteiger partial charge in [0.25, 0.3) is 0 Å². The molecule has 0 atom stereocenters. The van der Waals surface area contributed by atoms with Crippen LogP contribution in [0, 0.1) is 29.2 Å². The van der Waals surface area contributed by atoms with Gasteiger partial charge in [0.05, 0.1) is 0 Å². The fourth-order valence-electron chi connectivity index (χ4n) is 5.11. The lowest BCUT2D eigenvalue weighted by Crippen LogP contribution is -2.14. The number of hydrogen-bond donors (Lipinski definition) is 0. The Morgan fingerprint density at radius 1 is 0.743 bits per heavy atom. The Labute approximate surface area is 205 Å². The Morgan fingerprint density at radius 3 is 2.11 bits per heavy atom. The van der Waals surface area contributed by atoms with Crippen molar-refractivity contribution in [3.05, 3.63) is 100 Å². The van der Waals surface area contributed by atoms with Crippen LogP contribution >= 0.6 is 0 Å². The fraction of sp³-hybridized carbons (Fsp3) is 0.355. The van der Waals surface area contributed by atoms with Crippen molar-refractivity contribution in [2.24, 2.45) is 5.92 Å². The van der Waals surface area contributed by atoms with Crippen molar-refractivity contribution < 1.29 is 17.6 Å². The van der Waals surface area contributed by atoms with Gasteiger partial charge < -0.3 is 0 Å². The van der Waals surface area contributed by atoms with Crippen LogP contribution in [0.15, 0.2) is 54.6 Å². The SMILES string of the molecule is CCCc1ccc(-c2ccc(C=CC3CCC(c4ccc(CC)c(F)c4F)CC3)c(F)c2F)cc1. The highest BCUT2D eigenvalue weighted by atomic mass is 19.2. The summed E-state index contributed by atoms with van der Waals surface area (Å²) < 4.78 is 58.4. The van der Waals surface area contributed by atoms with Gasteiger partial charge in [-0.3, -0.25) is 0 Å². The minimum absolute atomic E-state index is 0.0164. The standard InChI is InChI=1S/C31H32F4/c1-3-5-20-6-11-23(12-7-20)27-19-17-25(29(33)31(27)35)15-10-21-8-13-24(14-9-21)26-18-16-22(4-2)28(32)30(26)34/h6-7,10-12,15-19,21,24H,3-5,8-9,13-14H2,1-2H3. The van der Waals surface area contributed by atoms with E-state index in [1.807, 2.05) is 37.3 Å². The quantitative estimate of drug-likeness (QED) is 0.296. The summed E-state index contributed by atoms with van der Waals surface area (Å²) in [6.07, 6.45) is 9.09. The van der Waals surface area contributed by atoms with E-state index >= 15 is 0 Å². The van der Waals surface area contributed by atoms with Crippen LogP contribution in [0.5, 0.6) is 0 Å². The highest BCUT2D eigenvalue weighted by Crippen LogP contribution is 2.38. The van der Waals surface area contributed by atoms with Gasteiger partial charge in [-0.15, -0.1) is 0 Å². The molecule has 0 aliphatic heterocycles. The van der Waals surface area contributed by atoms with Gasteiger partial charge in [0.1, 0.15) is 0 Å². The largest absolute Gasteiger partial charge is 0.203 e. The predicted octanol–water partition coefficient (Wildman–Crippen LogP) is 9.41. The molecular formula is C31H32F4. The summed E-state index contributed by atoms with van der Waals surface area (Å²) in [5.41, 5.74) is 3.17. The number of hydrogen-bond acceptors (Lipinski definition) is 0. The second-order valence-corrected chi connectivity index (χ2v) is 9.54. The highest BCUT2D eigenvalue weighted by molar-refractivity contribution is 5.67. The molecule has 1 aliphatic carbocycles. The minimum atomic E-state index is -0.848. The summed E-state index contributed by atoms with van der Waals surface area (Å²) in [6, 6.07) is 14.2. The van der Waals surface area contributed by atoms with Crippen LogP contribution in [0.2, 0.25) is 0 Å². The van der Waals surface area contributed by atoms with Gasteiger partial charge in [-0.05, 0) is 72.6 Å². The topological polar surface area (TPSA) is 0 Å². The van der Waals surface area contributed by atoms with E-state index in [9.17, 15) is 17.6 Å². The first-order valence-corrected chi connectivity index (χ1v) is 12.6. The smallest absolute Gasteiger partial charge is 0.167 e. The molecule has 35 heavy (non-hydrogen) atoms. The summed E-state index contributed by atoms with van der Waals surface area (Å²) in [5, 5.41) is 0. The van der Waals surface area contributed by atoms with Crippen LogP contribution in [0.1, 0.15) is 74.1 Å². The van der Waals surface area contributed by atoms with Crippen LogP contribution in [0.4, 0.5) is 17.6 Å². The second-order valence-electron chi connectivity index (χ2n) is 9.54. The van der Waals surface area contributed by atoms with Crippen LogP contribution in [0.25, 0.3) is 17.2 Å². The van der Waals surface area contributed by atoms with E-state index < -0.39 is 23.3 Å². The first kappa shape index (κ1) is 25.2. The van der Waals surface area contributed by atoms with Crippen molar-refractivity contribution in [1.29, 1.82) is 0 Å².